The van der Waals surface area contributed by atoms with Gasteiger partial charge in [0, 0.05) is 13.1 Å². The maximum atomic E-state index is 11.4. The number of carbonyl (C=O) groups excluding carboxylic acids is 1. The summed E-state index contributed by atoms with van der Waals surface area (Å²) in [5, 5.41) is 6.54. The fourth-order valence-electron chi connectivity index (χ4n) is 1.27. The Kier molecular flexibility index (Phi) is 6.16. The van der Waals surface area contributed by atoms with Crippen LogP contribution in [0.3, 0.4) is 0 Å². The minimum atomic E-state index is -0.162. The molecule has 0 saturated carbocycles. The largest absolute Gasteiger partial charge is 0.338 e. The van der Waals surface area contributed by atoms with Crippen LogP contribution in [-0.2, 0) is 6.54 Å². The third kappa shape index (κ3) is 5.29. The second-order valence-electron chi connectivity index (χ2n) is 3.71. The summed E-state index contributed by atoms with van der Waals surface area (Å²) in [6, 6.07) is 5.14. The van der Waals surface area contributed by atoms with Crippen molar-refractivity contribution in [1.29, 1.82) is 0 Å². The lowest BCUT2D eigenvalue weighted by atomic mass is 10.2. The Hall–Kier alpha value is -0.930. The van der Waals surface area contributed by atoms with E-state index in [0.29, 0.717) is 23.1 Å². The Bertz CT molecular complexity index is 383. The van der Waals surface area contributed by atoms with Crippen LogP contribution in [0.2, 0.25) is 10.0 Å². The highest BCUT2D eigenvalue weighted by Crippen LogP contribution is 2.22. The summed E-state index contributed by atoms with van der Waals surface area (Å²) in [6.07, 6.45) is 2.05. The Labute approximate surface area is 111 Å². The van der Waals surface area contributed by atoms with Gasteiger partial charge in [-0.05, 0) is 24.1 Å². The van der Waals surface area contributed by atoms with Gasteiger partial charge in [-0.1, -0.05) is 42.6 Å². The average molecular weight is 275 g/mol. The van der Waals surface area contributed by atoms with Crippen LogP contribution in [0.25, 0.3) is 0 Å². The van der Waals surface area contributed by atoms with Gasteiger partial charge in [-0.25, -0.2) is 4.79 Å². The van der Waals surface area contributed by atoms with E-state index >= 15 is 0 Å². The van der Waals surface area contributed by atoms with Gasteiger partial charge in [0.15, 0.2) is 0 Å². The molecule has 2 N–H and O–H groups in total. The summed E-state index contributed by atoms with van der Waals surface area (Å²) in [7, 11) is 0. The van der Waals surface area contributed by atoms with Gasteiger partial charge in [0.05, 0.1) is 10.0 Å². The Morgan fingerprint density at radius 1 is 1.24 bits per heavy atom. The molecule has 0 bridgehead atoms. The highest BCUT2D eigenvalue weighted by Gasteiger charge is 2.02. The lowest BCUT2D eigenvalue weighted by Gasteiger charge is -2.07. The Morgan fingerprint density at radius 2 is 2.00 bits per heavy atom. The number of carbonyl (C=O) groups is 1. The molecule has 17 heavy (non-hydrogen) atoms. The van der Waals surface area contributed by atoms with Gasteiger partial charge in [-0.15, -0.1) is 0 Å². The molecule has 0 unspecified atom stereocenters. The van der Waals surface area contributed by atoms with Crippen LogP contribution in [0.5, 0.6) is 0 Å². The van der Waals surface area contributed by atoms with Gasteiger partial charge >= 0.3 is 6.03 Å². The number of benzene rings is 1. The number of hydrogen-bond donors (Lipinski definition) is 2. The molecule has 0 aliphatic carbocycles. The lowest BCUT2D eigenvalue weighted by Crippen LogP contribution is -2.35. The smallest absolute Gasteiger partial charge is 0.315 e. The minimum absolute atomic E-state index is 0.162. The van der Waals surface area contributed by atoms with E-state index in [1.54, 1.807) is 12.1 Å². The summed E-state index contributed by atoms with van der Waals surface area (Å²) in [5.74, 6) is 0. The van der Waals surface area contributed by atoms with Gasteiger partial charge in [0.25, 0.3) is 0 Å². The zero-order chi connectivity index (χ0) is 12.7. The standard InChI is InChI=1S/C12H16Cl2N2O/c1-2-3-6-15-12(17)16-8-9-4-5-10(13)11(14)7-9/h4-5,7H,2-3,6,8H2,1H3,(H2,15,16,17). The fraction of sp³-hybridized carbons (Fsp3) is 0.417. The number of nitrogens with one attached hydrogen (secondary N) is 2. The monoisotopic (exact) mass is 274 g/mol. The van der Waals surface area contributed by atoms with Crippen molar-refractivity contribution in [1.82, 2.24) is 10.6 Å². The molecule has 0 saturated heterocycles. The molecule has 0 aliphatic rings. The van der Waals surface area contributed by atoms with E-state index in [0.717, 1.165) is 18.4 Å². The van der Waals surface area contributed by atoms with Crippen molar-refractivity contribution >= 4 is 29.2 Å². The molecule has 0 atom stereocenters. The maximum absolute atomic E-state index is 11.4. The maximum Gasteiger partial charge on any atom is 0.315 e. The molecule has 2 amide bonds. The summed E-state index contributed by atoms with van der Waals surface area (Å²) in [4.78, 5) is 11.4. The summed E-state index contributed by atoms with van der Waals surface area (Å²) in [5.41, 5.74) is 0.921. The van der Waals surface area contributed by atoms with Crippen LogP contribution in [0.1, 0.15) is 25.3 Å². The van der Waals surface area contributed by atoms with Crippen LogP contribution < -0.4 is 10.6 Å². The third-order valence-corrected chi connectivity index (χ3v) is 2.99. The zero-order valence-electron chi connectivity index (χ0n) is 9.72. The van der Waals surface area contributed by atoms with E-state index in [-0.39, 0.29) is 6.03 Å². The number of unbranched alkanes of at least 4 members (excludes halogenated alkanes) is 1. The molecule has 0 aliphatic heterocycles. The quantitative estimate of drug-likeness (QED) is 0.792. The molecule has 1 rings (SSSR count). The van der Waals surface area contributed by atoms with Crippen molar-refractivity contribution in [2.45, 2.75) is 26.3 Å². The van der Waals surface area contributed by atoms with E-state index < -0.39 is 0 Å². The fourth-order valence-corrected chi connectivity index (χ4v) is 1.59. The molecule has 5 heteroatoms. The van der Waals surface area contributed by atoms with Gasteiger partial charge in [-0.3, -0.25) is 0 Å². The molecular formula is C12H16Cl2N2O. The molecule has 3 nitrogen and oxygen atoms in total. The van der Waals surface area contributed by atoms with Crippen LogP contribution >= 0.6 is 23.2 Å². The highest BCUT2D eigenvalue weighted by atomic mass is 35.5. The molecule has 1 aromatic carbocycles. The molecule has 1 aromatic rings. The molecular weight excluding hydrogens is 259 g/mol. The van der Waals surface area contributed by atoms with Crippen LogP contribution in [0.15, 0.2) is 18.2 Å². The first kappa shape index (κ1) is 14.1. The number of rotatable bonds is 5. The summed E-state index contributed by atoms with van der Waals surface area (Å²) >= 11 is 11.7. The molecule has 0 aromatic heterocycles. The predicted octanol–water partition coefficient (Wildman–Crippen LogP) is 3.59. The predicted molar refractivity (Wildman–Crippen MR) is 71.6 cm³/mol. The first-order valence-corrected chi connectivity index (χ1v) is 6.34. The van der Waals surface area contributed by atoms with Crippen molar-refractivity contribution < 1.29 is 4.79 Å². The summed E-state index contributed by atoms with van der Waals surface area (Å²) in [6.45, 7) is 3.22. The van der Waals surface area contributed by atoms with Crippen LogP contribution in [0, 0.1) is 0 Å². The van der Waals surface area contributed by atoms with Crippen molar-refractivity contribution in [3.8, 4) is 0 Å². The molecule has 0 heterocycles. The van der Waals surface area contributed by atoms with Crippen molar-refractivity contribution in [2.24, 2.45) is 0 Å². The number of amides is 2. The molecule has 94 valence electrons. The Morgan fingerprint density at radius 3 is 2.65 bits per heavy atom. The lowest BCUT2D eigenvalue weighted by molar-refractivity contribution is 0.240. The number of halogens is 2. The second-order valence-corrected chi connectivity index (χ2v) is 4.53. The SMILES string of the molecule is CCCCNC(=O)NCc1ccc(Cl)c(Cl)c1. The number of hydrogen-bond acceptors (Lipinski definition) is 1. The second kappa shape index (κ2) is 7.41. The minimum Gasteiger partial charge on any atom is -0.338 e. The zero-order valence-corrected chi connectivity index (χ0v) is 11.2. The van der Waals surface area contributed by atoms with E-state index in [1.807, 2.05) is 6.07 Å². The topological polar surface area (TPSA) is 41.1 Å². The number of urea groups is 1. The molecule has 0 fully saturated rings. The van der Waals surface area contributed by atoms with Crippen molar-refractivity contribution in [2.75, 3.05) is 6.54 Å². The highest BCUT2D eigenvalue weighted by molar-refractivity contribution is 6.42. The Balaban J connectivity index is 2.34. The third-order valence-electron chi connectivity index (χ3n) is 2.25. The van der Waals surface area contributed by atoms with Crippen LogP contribution in [-0.4, -0.2) is 12.6 Å². The molecule has 0 radical (unpaired) electrons. The van der Waals surface area contributed by atoms with E-state index in [1.165, 1.54) is 0 Å². The van der Waals surface area contributed by atoms with Crippen LogP contribution in [0.4, 0.5) is 4.79 Å². The van der Waals surface area contributed by atoms with E-state index in [4.69, 9.17) is 23.2 Å². The molecule has 0 spiro atoms. The first-order valence-electron chi connectivity index (χ1n) is 5.59. The normalized spacial score (nSPS) is 10.1. The average Bonchev–Trinajstić information content (AvgIpc) is 2.31. The van der Waals surface area contributed by atoms with Gasteiger partial charge < -0.3 is 10.6 Å². The van der Waals surface area contributed by atoms with Gasteiger partial charge in [0.1, 0.15) is 0 Å². The first-order chi connectivity index (χ1) is 8.13. The van der Waals surface area contributed by atoms with Gasteiger partial charge in [0.2, 0.25) is 0 Å². The van der Waals surface area contributed by atoms with E-state index in [2.05, 4.69) is 17.6 Å². The van der Waals surface area contributed by atoms with Gasteiger partial charge in [-0.2, -0.15) is 0 Å². The van der Waals surface area contributed by atoms with Crippen molar-refractivity contribution in [3.05, 3.63) is 33.8 Å². The van der Waals surface area contributed by atoms with E-state index in [9.17, 15) is 4.79 Å². The van der Waals surface area contributed by atoms with Crippen molar-refractivity contribution in [3.63, 3.8) is 0 Å². The summed E-state index contributed by atoms with van der Waals surface area (Å²) < 4.78 is 0.